The number of amides is 4. The van der Waals surface area contributed by atoms with Gasteiger partial charge in [-0.15, -0.1) is 0 Å². The van der Waals surface area contributed by atoms with Crippen LogP contribution in [-0.2, 0) is 30.4 Å². The summed E-state index contributed by atoms with van der Waals surface area (Å²) in [5, 5.41) is 27.6. The van der Waals surface area contributed by atoms with Crippen LogP contribution in [0.4, 0.5) is 0 Å². The maximum atomic E-state index is 14.2. The molecule has 0 saturated carbocycles. The van der Waals surface area contributed by atoms with Crippen LogP contribution in [0.2, 0.25) is 0 Å². The molecule has 0 aliphatic carbocycles. The molecule has 1 aromatic heterocycles. The van der Waals surface area contributed by atoms with Gasteiger partial charge in [-0.25, -0.2) is 9.78 Å². The third-order valence-corrected chi connectivity index (χ3v) is 9.11. The van der Waals surface area contributed by atoms with Crippen LogP contribution in [0.1, 0.15) is 37.8 Å². The summed E-state index contributed by atoms with van der Waals surface area (Å²) in [6.45, 7) is 0.225. The Morgan fingerprint density at radius 2 is 1.82 bits per heavy atom. The van der Waals surface area contributed by atoms with E-state index in [2.05, 4.69) is 25.9 Å². The summed E-state index contributed by atoms with van der Waals surface area (Å²) >= 11 is 0. The number of ether oxygens (including phenoxy) is 1. The molecule has 4 amide bonds. The van der Waals surface area contributed by atoms with Crippen LogP contribution in [0.15, 0.2) is 55.0 Å². The zero-order chi connectivity index (χ0) is 36.5. The molecule has 10 N–H and O–H groups in total. The van der Waals surface area contributed by atoms with Gasteiger partial charge in [0.05, 0.1) is 18.6 Å². The van der Waals surface area contributed by atoms with Crippen molar-refractivity contribution in [2.75, 3.05) is 26.2 Å². The molecule has 17 heteroatoms. The first-order chi connectivity index (χ1) is 24.5. The Morgan fingerprint density at radius 3 is 2.53 bits per heavy atom. The molecule has 0 spiro atoms. The number of carbonyl (C=O) groups excluding carboxylic acids is 4. The first kappa shape index (κ1) is 36.6. The van der Waals surface area contributed by atoms with Gasteiger partial charge in [-0.1, -0.05) is 30.3 Å². The molecule has 17 nitrogen and oxygen atoms in total. The van der Waals surface area contributed by atoms with E-state index < -0.39 is 59.9 Å². The second-order valence-electron chi connectivity index (χ2n) is 12.6. The van der Waals surface area contributed by atoms with Gasteiger partial charge >= 0.3 is 5.97 Å². The smallest absolute Gasteiger partial charge is 0.330 e. The Morgan fingerprint density at radius 1 is 1.04 bits per heavy atom. The topological polar surface area (TPSA) is 262 Å². The maximum Gasteiger partial charge on any atom is 0.330 e. The summed E-state index contributed by atoms with van der Waals surface area (Å²) in [6, 6.07) is 8.74. The normalized spacial score (nSPS) is 19.7. The van der Waals surface area contributed by atoms with Gasteiger partial charge in [-0.3, -0.25) is 24.6 Å². The lowest BCUT2D eigenvalue weighted by Crippen LogP contribution is -2.58. The monoisotopic (exact) mass is 704 g/mol. The average molecular weight is 705 g/mol. The zero-order valence-corrected chi connectivity index (χ0v) is 28.0. The fraction of sp³-hybridized carbons (Fsp3) is 0.441. The number of carboxylic acids is 1. The zero-order valence-electron chi connectivity index (χ0n) is 28.0. The quantitative estimate of drug-likeness (QED) is 0.0564. The number of nitrogens with two attached hydrogens (primary N) is 2. The molecule has 51 heavy (non-hydrogen) atoms. The van der Waals surface area contributed by atoms with E-state index >= 15 is 0 Å². The number of carbonyl (C=O) groups is 5. The van der Waals surface area contributed by atoms with Gasteiger partial charge in [0, 0.05) is 38.7 Å². The predicted octanol–water partition coefficient (Wildman–Crippen LogP) is -0.579. The number of nitrogens with one attached hydrogen (secondary N) is 5. The van der Waals surface area contributed by atoms with E-state index in [1.807, 2.05) is 36.4 Å². The Bertz CT molecular complexity index is 1730. The summed E-state index contributed by atoms with van der Waals surface area (Å²) in [7, 11) is 0. The number of carboxylic acid groups (broad SMARTS) is 1. The summed E-state index contributed by atoms with van der Waals surface area (Å²) in [6.07, 6.45) is 3.74. The number of H-pyrrole nitrogens is 1. The number of nitrogens with zero attached hydrogens (tertiary/aromatic N) is 3. The Balaban J connectivity index is 1.31. The summed E-state index contributed by atoms with van der Waals surface area (Å²) in [5.41, 5.74) is 11.4. The van der Waals surface area contributed by atoms with Crippen LogP contribution in [0, 0.1) is 5.41 Å². The summed E-state index contributed by atoms with van der Waals surface area (Å²) in [4.78, 5) is 76.2. The van der Waals surface area contributed by atoms with Gasteiger partial charge in [-0.05, 0) is 48.6 Å². The molecular weight excluding hydrogens is 660 g/mol. The lowest BCUT2D eigenvalue weighted by atomic mass is 10.1. The Hall–Kier alpha value is -5.71. The van der Waals surface area contributed by atoms with E-state index in [1.165, 1.54) is 16.1 Å². The fourth-order valence-corrected chi connectivity index (χ4v) is 6.65. The lowest BCUT2D eigenvalue weighted by molar-refractivity contribution is -0.154. The van der Waals surface area contributed by atoms with Gasteiger partial charge in [-0.2, -0.15) is 0 Å². The van der Waals surface area contributed by atoms with Gasteiger partial charge in [0.1, 0.15) is 30.0 Å². The minimum Gasteiger partial charge on any atom is -0.488 e. The SMILES string of the molecule is N=C(N)NCCC[C@H](NC(=O)[C@H](Cc1c[nH]cn1)NC(=O)CN)C(=O)N1CCC[C@H]1C(=O)N1CCC(Oc2ccc3ccccc3c2)[C@H]1C(=O)O. The number of likely N-dealkylation sites (tertiary alicyclic amines) is 2. The number of rotatable bonds is 15. The molecule has 3 heterocycles. The van der Waals surface area contributed by atoms with Crippen molar-refractivity contribution in [2.24, 2.45) is 11.5 Å². The third-order valence-electron chi connectivity index (χ3n) is 9.11. The summed E-state index contributed by atoms with van der Waals surface area (Å²) in [5.74, 6) is -3.24. The molecule has 2 saturated heterocycles. The minimum atomic E-state index is -1.27. The molecule has 0 bridgehead atoms. The molecule has 5 atom stereocenters. The molecule has 2 aliphatic heterocycles. The molecule has 0 radical (unpaired) electrons. The number of fused-ring (bicyclic) bond motifs is 1. The van der Waals surface area contributed by atoms with E-state index in [9.17, 15) is 29.1 Å². The highest BCUT2D eigenvalue weighted by Gasteiger charge is 2.48. The lowest BCUT2D eigenvalue weighted by Gasteiger charge is -2.33. The van der Waals surface area contributed by atoms with Crippen LogP contribution < -0.4 is 32.2 Å². The van der Waals surface area contributed by atoms with Gasteiger partial charge < -0.3 is 52.0 Å². The van der Waals surface area contributed by atoms with Crippen molar-refractivity contribution in [1.29, 1.82) is 5.41 Å². The molecule has 5 rings (SSSR count). The highest BCUT2D eigenvalue weighted by atomic mass is 16.5. The first-order valence-corrected chi connectivity index (χ1v) is 16.9. The number of aromatic nitrogens is 2. The van der Waals surface area contributed by atoms with Crippen molar-refractivity contribution in [3.05, 3.63) is 60.7 Å². The highest BCUT2D eigenvalue weighted by Crippen LogP contribution is 2.30. The Kier molecular flexibility index (Phi) is 12.0. The number of aromatic amines is 1. The van der Waals surface area contributed by atoms with Crippen molar-refractivity contribution in [1.82, 2.24) is 35.7 Å². The molecule has 3 aromatic rings. The van der Waals surface area contributed by atoms with Crippen molar-refractivity contribution in [2.45, 2.75) is 68.8 Å². The number of hydrogen-bond donors (Lipinski definition) is 8. The van der Waals surface area contributed by atoms with Gasteiger partial charge in [0.25, 0.3) is 0 Å². The number of hydrogen-bond acceptors (Lipinski definition) is 9. The fourth-order valence-electron chi connectivity index (χ4n) is 6.65. The second kappa shape index (κ2) is 16.8. The van der Waals surface area contributed by atoms with Crippen molar-refractivity contribution in [3.63, 3.8) is 0 Å². The largest absolute Gasteiger partial charge is 0.488 e. The Labute approximate surface area is 294 Å². The van der Waals surface area contributed by atoms with E-state index in [0.717, 1.165) is 10.8 Å². The number of benzene rings is 2. The van der Waals surface area contributed by atoms with Crippen LogP contribution in [0.25, 0.3) is 10.8 Å². The van der Waals surface area contributed by atoms with Crippen LogP contribution >= 0.6 is 0 Å². The van der Waals surface area contributed by atoms with E-state index in [1.54, 1.807) is 12.3 Å². The minimum absolute atomic E-state index is 0.0205. The molecule has 2 aliphatic rings. The average Bonchev–Trinajstić information content (AvgIpc) is 3.90. The van der Waals surface area contributed by atoms with E-state index in [4.69, 9.17) is 21.6 Å². The molecular formula is C34H44N10O7. The predicted molar refractivity (Wildman–Crippen MR) is 185 cm³/mol. The van der Waals surface area contributed by atoms with Crippen LogP contribution in [-0.4, -0.2) is 117 Å². The highest BCUT2D eigenvalue weighted by molar-refractivity contribution is 5.96. The molecule has 2 aromatic carbocycles. The van der Waals surface area contributed by atoms with Crippen molar-refractivity contribution >= 4 is 46.3 Å². The first-order valence-electron chi connectivity index (χ1n) is 16.9. The second-order valence-corrected chi connectivity index (χ2v) is 12.6. The van der Waals surface area contributed by atoms with Gasteiger partial charge in [0.2, 0.25) is 23.6 Å². The van der Waals surface area contributed by atoms with Crippen LogP contribution in [0.3, 0.4) is 0 Å². The molecule has 1 unspecified atom stereocenters. The van der Waals surface area contributed by atoms with Crippen molar-refractivity contribution < 1.29 is 33.8 Å². The molecule has 272 valence electrons. The van der Waals surface area contributed by atoms with E-state index in [-0.39, 0.29) is 51.4 Å². The summed E-state index contributed by atoms with van der Waals surface area (Å²) < 4.78 is 6.15. The van der Waals surface area contributed by atoms with Gasteiger partial charge in [0.15, 0.2) is 12.0 Å². The number of imidazole rings is 1. The van der Waals surface area contributed by atoms with Crippen LogP contribution in [0.5, 0.6) is 5.75 Å². The van der Waals surface area contributed by atoms with Crippen molar-refractivity contribution in [3.8, 4) is 5.75 Å². The molecule has 2 fully saturated rings. The third kappa shape index (κ3) is 9.10. The maximum absolute atomic E-state index is 14.2. The standard InChI is InChI=1S/C34H44N10O7/c35-17-28(45)41-25(16-22-18-38-19-40-22)30(46)42-24(7-3-12-39-34(36)37)31(47)43-13-4-8-26(43)32(48)44-14-11-27(29(44)33(49)50)51-23-10-9-20-5-1-2-6-21(20)15-23/h1-2,5-6,9-10,15,18-19,24-27,29H,3-4,7-8,11-14,16-17,35H2,(H,38,40)(H,41,45)(H,42,46)(H,49,50)(H4,36,37,39)/t24-,25-,26-,27?,29-/m0/s1. The van der Waals surface area contributed by atoms with E-state index in [0.29, 0.717) is 30.7 Å². The number of guanidine groups is 1. The number of aliphatic carboxylic acids is 1.